The Labute approximate surface area is 183 Å². The van der Waals surface area contributed by atoms with Gasteiger partial charge in [-0.3, -0.25) is 9.59 Å². The minimum Gasteiger partial charge on any atom is -0.337 e. The number of fused-ring (bicyclic) bond motifs is 1. The van der Waals surface area contributed by atoms with Gasteiger partial charge in [0.05, 0.1) is 11.4 Å². The second-order valence-corrected chi connectivity index (χ2v) is 9.00. The highest BCUT2D eigenvalue weighted by molar-refractivity contribution is 6.04. The molecule has 0 aliphatic carbocycles. The molecule has 0 bridgehead atoms. The number of benzene rings is 2. The van der Waals surface area contributed by atoms with Crippen molar-refractivity contribution in [2.24, 2.45) is 5.92 Å². The molecular weight excluding hydrogens is 386 g/mol. The monoisotopic (exact) mass is 417 g/mol. The summed E-state index contributed by atoms with van der Waals surface area (Å²) < 4.78 is 1.43. The summed E-state index contributed by atoms with van der Waals surface area (Å²) in [5, 5.41) is 5.70. The third kappa shape index (κ3) is 4.55. The molecule has 1 aliphatic heterocycles. The van der Waals surface area contributed by atoms with E-state index in [1.54, 1.807) is 6.07 Å². The SMILES string of the molecule is Cc1ccc(CCC2CCN(C(=O)c3nn(C(C)C)c(=O)c4ccccc34)CC2)cc1. The fraction of sp³-hybridized carbons (Fsp3) is 0.423. The predicted octanol–water partition coefficient (Wildman–Crippen LogP) is 4.77. The van der Waals surface area contributed by atoms with Gasteiger partial charge in [-0.25, -0.2) is 4.68 Å². The first-order valence-electron chi connectivity index (χ1n) is 11.3. The molecule has 5 nitrogen and oxygen atoms in total. The highest BCUT2D eigenvalue weighted by atomic mass is 16.2. The van der Waals surface area contributed by atoms with Crippen molar-refractivity contribution in [2.45, 2.75) is 52.5 Å². The van der Waals surface area contributed by atoms with Crippen LogP contribution in [0.2, 0.25) is 0 Å². The number of nitrogens with zero attached hydrogens (tertiary/aromatic N) is 3. The smallest absolute Gasteiger partial charge is 0.274 e. The van der Waals surface area contributed by atoms with E-state index in [0.29, 0.717) is 22.4 Å². The standard InChI is InChI=1S/C26H31N3O2/c1-18(2)29-25(30)23-7-5-4-6-22(23)24(27-29)26(31)28-16-14-21(15-17-28)13-12-20-10-8-19(3)9-11-20/h4-11,18,21H,12-17H2,1-3H3. The Hall–Kier alpha value is -2.95. The average Bonchev–Trinajstić information content (AvgIpc) is 2.79. The molecule has 0 spiro atoms. The summed E-state index contributed by atoms with van der Waals surface area (Å²) in [6.45, 7) is 7.43. The second-order valence-electron chi connectivity index (χ2n) is 9.00. The molecule has 1 fully saturated rings. The molecular formula is C26H31N3O2. The number of likely N-dealkylation sites (tertiary alicyclic amines) is 1. The van der Waals surface area contributed by atoms with Crippen LogP contribution in [0.15, 0.2) is 53.3 Å². The largest absolute Gasteiger partial charge is 0.337 e. The van der Waals surface area contributed by atoms with Crippen LogP contribution in [0.5, 0.6) is 0 Å². The van der Waals surface area contributed by atoms with Gasteiger partial charge in [-0.2, -0.15) is 5.10 Å². The molecule has 2 aromatic carbocycles. The van der Waals surface area contributed by atoms with Crippen molar-refractivity contribution in [3.05, 3.63) is 75.7 Å². The molecule has 0 radical (unpaired) electrons. The molecule has 162 valence electrons. The van der Waals surface area contributed by atoms with Crippen LogP contribution in [-0.2, 0) is 6.42 Å². The van der Waals surface area contributed by atoms with E-state index in [1.165, 1.54) is 15.8 Å². The van der Waals surface area contributed by atoms with Crippen molar-refractivity contribution in [3.63, 3.8) is 0 Å². The number of piperidine rings is 1. The van der Waals surface area contributed by atoms with E-state index >= 15 is 0 Å². The number of hydrogen-bond donors (Lipinski definition) is 0. The van der Waals surface area contributed by atoms with Crippen LogP contribution in [0.4, 0.5) is 0 Å². The molecule has 1 aromatic heterocycles. The topological polar surface area (TPSA) is 55.2 Å². The van der Waals surface area contributed by atoms with Crippen molar-refractivity contribution in [3.8, 4) is 0 Å². The molecule has 31 heavy (non-hydrogen) atoms. The molecule has 1 amide bonds. The minimum absolute atomic E-state index is 0.0671. The maximum Gasteiger partial charge on any atom is 0.274 e. The van der Waals surface area contributed by atoms with Gasteiger partial charge in [0.2, 0.25) is 0 Å². The summed E-state index contributed by atoms with van der Waals surface area (Å²) in [7, 11) is 0. The molecule has 1 saturated heterocycles. The van der Waals surface area contributed by atoms with Gasteiger partial charge in [-0.15, -0.1) is 0 Å². The number of aryl methyl sites for hydroxylation is 2. The van der Waals surface area contributed by atoms with E-state index in [-0.39, 0.29) is 17.5 Å². The van der Waals surface area contributed by atoms with Gasteiger partial charge in [0.25, 0.3) is 11.5 Å². The lowest BCUT2D eigenvalue weighted by Gasteiger charge is -2.32. The molecule has 0 N–H and O–H groups in total. The average molecular weight is 418 g/mol. The fourth-order valence-corrected chi connectivity index (χ4v) is 4.41. The van der Waals surface area contributed by atoms with Gasteiger partial charge >= 0.3 is 0 Å². The second kappa shape index (κ2) is 9.04. The first-order valence-corrected chi connectivity index (χ1v) is 11.3. The molecule has 0 unspecified atom stereocenters. The zero-order chi connectivity index (χ0) is 22.0. The third-order valence-corrected chi connectivity index (χ3v) is 6.38. The molecule has 3 aromatic rings. The number of carbonyl (C=O) groups is 1. The highest BCUT2D eigenvalue weighted by Crippen LogP contribution is 2.25. The van der Waals surface area contributed by atoms with Gasteiger partial charge in [0.1, 0.15) is 0 Å². The first-order chi connectivity index (χ1) is 14.9. The number of rotatable bonds is 5. The first kappa shape index (κ1) is 21.3. The number of aromatic nitrogens is 2. The van der Waals surface area contributed by atoms with E-state index in [0.717, 1.165) is 38.8 Å². The summed E-state index contributed by atoms with van der Waals surface area (Å²) in [4.78, 5) is 28.0. The molecule has 1 aliphatic rings. The van der Waals surface area contributed by atoms with Crippen LogP contribution in [0.25, 0.3) is 10.8 Å². The van der Waals surface area contributed by atoms with Crippen LogP contribution in [0, 0.1) is 12.8 Å². The Morgan fingerprint density at radius 1 is 1.03 bits per heavy atom. The molecule has 4 rings (SSSR count). The van der Waals surface area contributed by atoms with E-state index in [2.05, 4.69) is 36.3 Å². The van der Waals surface area contributed by atoms with Crippen molar-refractivity contribution in [2.75, 3.05) is 13.1 Å². The van der Waals surface area contributed by atoms with Gasteiger partial charge in [0.15, 0.2) is 5.69 Å². The zero-order valence-corrected chi connectivity index (χ0v) is 18.7. The Morgan fingerprint density at radius 2 is 1.68 bits per heavy atom. The van der Waals surface area contributed by atoms with Crippen molar-refractivity contribution >= 4 is 16.7 Å². The Balaban J connectivity index is 1.46. The lowest BCUT2D eigenvalue weighted by atomic mass is 9.90. The summed E-state index contributed by atoms with van der Waals surface area (Å²) in [6, 6.07) is 16.0. The van der Waals surface area contributed by atoms with Crippen LogP contribution >= 0.6 is 0 Å². The predicted molar refractivity (Wildman–Crippen MR) is 125 cm³/mol. The molecule has 0 saturated carbocycles. The van der Waals surface area contributed by atoms with Crippen LogP contribution in [0.1, 0.15) is 60.8 Å². The third-order valence-electron chi connectivity index (χ3n) is 6.38. The van der Waals surface area contributed by atoms with Crippen molar-refractivity contribution in [1.29, 1.82) is 0 Å². The lowest BCUT2D eigenvalue weighted by Crippen LogP contribution is -2.40. The van der Waals surface area contributed by atoms with Gasteiger partial charge in [0, 0.05) is 18.5 Å². The molecule has 5 heteroatoms. The van der Waals surface area contributed by atoms with Gasteiger partial charge in [-0.05, 0) is 64.0 Å². The van der Waals surface area contributed by atoms with Crippen LogP contribution < -0.4 is 5.56 Å². The van der Waals surface area contributed by atoms with E-state index in [4.69, 9.17) is 0 Å². The van der Waals surface area contributed by atoms with E-state index < -0.39 is 0 Å². The summed E-state index contributed by atoms with van der Waals surface area (Å²) in [5.41, 5.74) is 2.93. The van der Waals surface area contributed by atoms with E-state index in [1.807, 2.05) is 36.9 Å². The molecule has 2 heterocycles. The van der Waals surface area contributed by atoms with Crippen molar-refractivity contribution in [1.82, 2.24) is 14.7 Å². The number of hydrogen-bond acceptors (Lipinski definition) is 3. The Morgan fingerprint density at radius 3 is 2.32 bits per heavy atom. The summed E-state index contributed by atoms with van der Waals surface area (Å²) >= 11 is 0. The highest BCUT2D eigenvalue weighted by Gasteiger charge is 2.27. The van der Waals surface area contributed by atoms with Gasteiger partial charge < -0.3 is 4.90 Å². The Kier molecular flexibility index (Phi) is 6.21. The molecule has 0 atom stereocenters. The van der Waals surface area contributed by atoms with Crippen molar-refractivity contribution < 1.29 is 4.79 Å². The lowest BCUT2D eigenvalue weighted by molar-refractivity contribution is 0.0680. The summed E-state index contributed by atoms with van der Waals surface area (Å²) in [5.74, 6) is 0.572. The van der Waals surface area contributed by atoms with Crippen LogP contribution in [-0.4, -0.2) is 33.7 Å². The van der Waals surface area contributed by atoms with Crippen LogP contribution in [0.3, 0.4) is 0 Å². The summed E-state index contributed by atoms with van der Waals surface area (Å²) in [6.07, 6.45) is 4.27. The van der Waals surface area contributed by atoms with E-state index in [9.17, 15) is 9.59 Å². The quantitative estimate of drug-likeness (QED) is 0.601. The maximum atomic E-state index is 13.4. The maximum absolute atomic E-state index is 13.4. The number of amides is 1. The number of carbonyl (C=O) groups excluding carboxylic acids is 1. The normalized spacial score (nSPS) is 15.0. The zero-order valence-electron chi connectivity index (χ0n) is 18.7. The van der Waals surface area contributed by atoms with Gasteiger partial charge in [-0.1, -0.05) is 48.0 Å². The fourth-order valence-electron chi connectivity index (χ4n) is 4.41. The minimum atomic E-state index is -0.142. The Bertz CT molecular complexity index is 1120.